The first-order chi connectivity index (χ1) is 12.0. The molecule has 25 heavy (non-hydrogen) atoms. The molecule has 1 saturated carbocycles. The van der Waals surface area contributed by atoms with Crippen LogP contribution in [0.3, 0.4) is 0 Å². The molecule has 1 unspecified atom stereocenters. The van der Waals surface area contributed by atoms with Crippen molar-refractivity contribution in [2.75, 3.05) is 13.2 Å². The van der Waals surface area contributed by atoms with Gasteiger partial charge >= 0.3 is 6.09 Å². The first kappa shape index (κ1) is 19.6. The van der Waals surface area contributed by atoms with Crippen LogP contribution in [0.25, 0.3) is 0 Å². The molecule has 1 heterocycles. The summed E-state index contributed by atoms with van der Waals surface area (Å²) in [5.41, 5.74) is -0.966. The van der Waals surface area contributed by atoms with E-state index in [1.54, 1.807) is 6.26 Å². The number of hydrogen-bond acceptors (Lipinski definition) is 5. The van der Waals surface area contributed by atoms with Gasteiger partial charge in [0.25, 0.3) is 0 Å². The van der Waals surface area contributed by atoms with Crippen LogP contribution >= 0.6 is 0 Å². The third kappa shape index (κ3) is 5.36. The summed E-state index contributed by atoms with van der Waals surface area (Å²) in [5.74, 6) is -0.135. The summed E-state index contributed by atoms with van der Waals surface area (Å²) in [5, 5.41) is 15.1. The number of carbonyl (C=O) groups excluding carboxylic acids is 2. The van der Waals surface area contributed by atoms with Crippen molar-refractivity contribution < 1.29 is 24.2 Å². The van der Waals surface area contributed by atoms with E-state index < -0.39 is 11.6 Å². The average Bonchev–Trinajstić information content (AvgIpc) is 3.11. The molecule has 0 aromatic rings. The second kappa shape index (κ2) is 9.08. The lowest BCUT2D eigenvalue weighted by molar-refractivity contribution is -0.130. The molecule has 2 rings (SSSR count). The van der Waals surface area contributed by atoms with E-state index in [2.05, 4.69) is 10.6 Å². The highest BCUT2D eigenvalue weighted by atomic mass is 16.6. The number of nitrogens with one attached hydrogen (secondary N) is 2. The summed E-state index contributed by atoms with van der Waals surface area (Å²) in [7, 11) is 0. The molecule has 7 heteroatoms. The van der Waals surface area contributed by atoms with E-state index in [4.69, 9.17) is 9.47 Å². The highest BCUT2D eigenvalue weighted by Crippen LogP contribution is 2.29. The van der Waals surface area contributed by atoms with Crippen molar-refractivity contribution in [2.24, 2.45) is 5.92 Å². The van der Waals surface area contributed by atoms with E-state index in [0.29, 0.717) is 19.3 Å². The Labute approximate surface area is 149 Å². The number of carbonyl (C=O) groups is 2. The average molecular weight is 354 g/mol. The maximum Gasteiger partial charge on any atom is 0.408 e. The lowest BCUT2D eigenvalue weighted by atomic mass is 9.80. The van der Waals surface area contributed by atoms with Gasteiger partial charge in [-0.2, -0.15) is 0 Å². The predicted octanol–water partition coefficient (Wildman–Crippen LogP) is 1.85. The Morgan fingerprint density at radius 1 is 1.32 bits per heavy atom. The number of rotatable bonds is 7. The minimum Gasteiger partial charge on any atom is -0.494 e. The lowest BCUT2D eigenvalue weighted by Gasteiger charge is -2.37. The van der Waals surface area contributed by atoms with Crippen LogP contribution < -0.4 is 10.6 Å². The lowest BCUT2D eigenvalue weighted by Crippen LogP contribution is -2.62. The largest absolute Gasteiger partial charge is 0.494 e. The first-order valence-electron chi connectivity index (χ1n) is 9.14. The van der Waals surface area contributed by atoms with Crippen LogP contribution in [0.1, 0.15) is 52.4 Å². The van der Waals surface area contributed by atoms with Crippen molar-refractivity contribution in [3.05, 3.63) is 12.3 Å². The molecule has 1 fully saturated rings. The SMILES string of the molecule is CC(C)[C@@H](CO)NC(=O)C1(NC(=O)OCC2CC=CO2)CCCCC1. The number of hydrogen-bond donors (Lipinski definition) is 3. The van der Waals surface area contributed by atoms with Crippen LogP contribution in [-0.4, -0.2) is 48.0 Å². The zero-order chi connectivity index (χ0) is 18.3. The number of aliphatic hydroxyl groups is 1. The van der Waals surface area contributed by atoms with Gasteiger partial charge in [0, 0.05) is 6.42 Å². The number of amides is 2. The zero-order valence-corrected chi connectivity index (χ0v) is 15.1. The Bertz CT molecular complexity index is 478. The zero-order valence-electron chi connectivity index (χ0n) is 15.1. The normalized spacial score (nSPS) is 23.0. The third-order valence-electron chi connectivity index (χ3n) is 4.97. The molecular weight excluding hydrogens is 324 g/mol. The van der Waals surface area contributed by atoms with Gasteiger partial charge in [0.05, 0.1) is 18.9 Å². The Kier molecular flexibility index (Phi) is 7.11. The maximum absolute atomic E-state index is 12.9. The van der Waals surface area contributed by atoms with Gasteiger partial charge in [-0.05, 0) is 24.8 Å². The van der Waals surface area contributed by atoms with Crippen LogP contribution in [-0.2, 0) is 14.3 Å². The van der Waals surface area contributed by atoms with E-state index in [-0.39, 0.29) is 37.2 Å². The van der Waals surface area contributed by atoms with Gasteiger partial charge in [0.1, 0.15) is 18.2 Å². The highest BCUT2D eigenvalue weighted by Gasteiger charge is 2.42. The third-order valence-corrected chi connectivity index (χ3v) is 4.97. The molecule has 0 aromatic heterocycles. The number of alkyl carbamates (subject to hydrolysis) is 1. The van der Waals surface area contributed by atoms with E-state index in [1.165, 1.54) is 0 Å². The molecule has 0 bridgehead atoms. The number of aliphatic hydroxyl groups excluding tert-OH is 1. The van der Waals surface area contributed by atoms with Crippen LogP contribution in [0.5, 0.6) is 0 Å². The van der Waals surface area contributed by atoms with Crippen molar-refractivity contribution in [1.82, 2.24) is 10.6 Å². The van der Waals surface area contributed by atoms with E-state index in [1.807, 2.05) is 19.9 Å². The Morgan fingerprint density at radius 3 is 2.60 bits per heavy atom. The van der Waals surface area contributed by atoms with Crippen molar-refractivity contribution in [3.8, 4) is 0 Å². The van der Waals surface area contributed by atoms with Crippen LogP contribution in [0.4, 0.5) is 4.79 Å². The molecule has 1 aliphatic carbocycles. The molecule has 2 amide bonds. The van der Waals surface area contributed by atoms with Crippen LogP contribution in [0.2, 0.25) is 0 Å². The molecule has 7 nitrogen and oxygen atoms in total. The molecule has 2 aliphatic rings. The van der Waals surface area contributed by atoms with Crippen LogP contribution in [0, 0.1) is 5.92 Å². The summed E-state index contributed by atoms with van der Waals surface area (Å²) >= 11 is 0. The van der Waals surface area contributed by atoms with Gasteiger partial charge in [-0.15, -0.1) is 0 Å². The molecule has 3 N–H and O–H groups in total. The van der Waals surface area contributed by atoms with Crippen LogP contribution in [0.15, 0.2) is 12.3 Å². The minimum absolute atomic E-state index is 0.105. The summed E-state index contributed by atoms with van der Waals surface area (Å²) in [4.78, 5) is 25.1. The predicted molar refractivity (Wildman–Crippen MR) is 92.8 cm³/mol. The molecule has 0 saturated heterocycles. The van der Waals surface area contributed by atoms with Gasteiger partial charge in [-0.25, -0.2) is 4.79 Å². The fraction of sp³-hybridized carbons (Fsp3) is 0.778. The van der Waals surface area contributed by atoms with Gasteiger partial charge in [0.15, 0.2) is 0 Å². The fourth-order valence-electron chi connectivity index (χ4n) is 3.23. The Hall–Kier alpha value is -1.76. The monoisotopic (exact) mass is 354 g/mol. The fourth-order valence-corrected chi connectivity index (χ4v) is 3.23. The summed E-state index contributed by atoms with van der Waals surface area (Å²) in [6, 6.07) is -0.331. The standard InChI is InChI=1S/C18H30N2O5/c1-13(2)15(11-21)19-16(22)18(8-4-3-5-9-18)20-17(23)25-12-14-7-6-10-24-14/h6,10,13-15,21H,3-5,7-9,11-12H2,1-2H3,(H,19,22)(H,20,23)/t14?,15-/m1/s1. The van der Waals surface area contributed by atoms with Gasteiger partial charge < -0.3 is 25.2 Å². The molecule has 2 atom stereocenters. The van der Waals surface area contributed by atoms with Gasteiger partial charge in [-0.1, -0.05) is 33.1 Å². The molecule has 0 spiro atoms. The second-order valence-electron chi connectivity index (χ2n) is 7.24. The molecular formula is C18H30N2O5. The van der Waals surface area contributed by atoms with E-state index in [9.17, 15) is 14.7 Å². The molecule has 0 aromatic carbocycles. The van der Waals surface area contributed by atoms with Crippen molar-refractivity contribution in [1.29, 1.82) is 0 Å². The summed E-state index contributed by atoms with van der Waals surface area (Å²) < 4.78 is 10.5. The molecule has 0 radical (unpaired) electrons. The van der Waals surface area contributed by atoms with E-state index >= 15 is 0 Å². The summed E-state index contributed by atoms with van der Waals surface area (Å²) in [6.45, 7) is 3.90. The Balaban J connectivity index is 1.95. The van der Waals surface area contributed by atoms with E-state index in [0.717, 1.165) is 19.3 Å². The molecule has 1 aliphatic heterocycles. The topological polar surface area (TPSA) is 96.9 Å². The van der Waals surface area contributed by atoms with Crippen molar-refractivity contribution in [3.63, 3.8) is 0 Å². The highest BCUT2D eigenvalue weighted by molar-refractivity contribution is 5.90. The van der Waals surface area contributed by atoms with Gasteiger partial charge in [-0.3, -0.25) is 4.79 Å². The quantitative estimate of drug-likeness (QED) is 0.648. The number of ether oxygens (including phenoxy) is 2. The smallest absolute Gasteiger partial charge is 0.408 e. The second-order valence-corrected chi connectivity index (χ2v) is 7.24. The minimum atomic E-state index is -0.966. The molecule has 142 valence electrons. The maximum atomic E-state index is 12.9. The van der Waals surface area contributed by atoms with Gasteiger partial charge in [0.2, 0.25) is 5.91 Å². The van der Waals surface area contributed by atoms with Crippen molar-refractivity contribution in [2.45, 2.75) is 70.1 Å². The summed E-state index contributed by atoms with van der Waals surface area (Å²) in [6.07, 6.45) is 7.37. The first-order valence-corrected chi connectivity index (χ1v) is 9.14. The van der Waals surface area contributed by atoms with Crippen molar-refractivity contribution >= 4 is 12.0 Å². The Morgan fingerprint density at radius 2 is 2.04 bits per heavy atom.